The third kappa shape index (κ3) is 2.14. The summed E-state index contributed by atoms with van der Waals surface area (Å²) < 4.78 is 12.6. The van der Waals surface area contributed by atoms with Crippen LogP contribution in [0, 0.1) is 18.2 Å². The summed E-state index contributed by atoms with van der Waals surface area (Å²) in [5, 5.41) is 3.26. The van der Waals surface area contributed by atoms with Crippen molar-refractivity contribution in [3.05, 3.63) is 29.0 Å². The van der Waals surface area contributed by atoms with E-state index in [1.807, 2.05) is 0 Å². The van der Waals surface area contributed by atoms with Crippen molar-refractivity contribution in [3.8, 4) is 12.3 Å². The highest BCUT2D eigenvalue weighted by molar-refractivity contribution is 6.33. The molecule has 0 aliphatic rings. The number of nitrogens with one attached hydrogen (secondary N) is 1. The first-order valence-electron chi connectivity index (χ1n) is 3.36. The molecule has 0 aliphatic heterocycles. The Bertz CT molecular complexity index is 317. The van der Waals surface area contributed by atoms with E-state index in [0.717, 1.165) is 0 Å². The van der Waals surface area contributed by atoms with Gasteiger partial charge in [0.25, 0.3) is 0 Å². The average molecular weight is 184 g/mol. The molecule has 0 bridgehead atoms. The Morgan fingerprint density at radius 2 is 2.33 bits per heavy atom. The zero-order valence-electron chi connectivity index (χ0n) is 6.27. The first kappa shape index (κ1) is 8.89. The highest BCUT2D eigenvalue weighted by atomic mass is 35.5. The van der Waals surface area contributed by atoms with Gasteiger partial charge in [-0.3, -0.25) is 0 Å². The van der Waals surface area contributed by atoms with Crippen LogP contribution in [-0.2, 0) is 0 Å². The van der Waals surface area contributed by atoms with E-state index in [0.29, 0.717) is 17.3 Å². The second-order valence-electron chi connectivity index (χ2n) is 2.18. The zero-order chi connectivity index (χ0) is 8.97. The summed E-state index contributed by atoms with van der Waals surface area (Å²) in [7, 11) is 0. The van der Waals surface area contributed by atoms with Crippen molar-refractivity contribution in [2.75, 3.05) is 11.9 Å². The van der Waals surface area contributed by atoms with Crippen LogP contribution in [0.1, 0.15) is 0 Å². The van der Waals surface area contributed by atoms with Crippen LogP contribution < -0.4 is 5.32 Å². The van der Waals surface area contributed by atoms with Gasteiger partial charge in [0.2, 0.25) is 0 Å². The Labute approximate surface area is 75.5 Å². The lowest BCUT2D eigenvalue weighted by molar-refractivity contribution is 0.628. The first-order valence-corrected chi connectivity index (χ1v) is 3.74. The molecule has 0 aromatic heterocycles. The van der Waals surface area contributed by atoms with Gasteiger partial charge in [-0.2, -0.15) is 0 Å². The van der Waals surface area contributed by atoms with E-state index in [9.17, 15) is 4.39 Å². The molecule has 1 rings (SSSR count). The van der Waals surface area contributed by atoms with Crippen LogP contribution in [0.4, 0.5) is 10.1 Å². The van der Waals surface area contributed by atoms with Crippen molar-refractivity contribution in [2.45, 2.75) is 0 Å². The molecule has 0 saturated heterocycles. The number of hydrogen-bond acceptors (Lipinski definition) is 1. The van der Waals surface area contributed by atoms with Crippen molar-refractivity contribution in [3.63, 3.8) is 0 Å². The molecule has 0 fully saturated rings. The Kier molecular flexibility index (Phi) is 2.95. The minimum absolute atomic E-state index is 0.334. The van der Waals surface area contributed by atoms with Crippen molar-refractivity contribution < 1.29 is 4.39 Å². The SMILES string of the molecule is C#CCNc1cc(F)ccc1Cl. The molecular formula is C9H7ClFN. The molecule has 0 amide bonds. The third-order valence-corrected chi connectivity index (χ3v) is 1.64. The van der Waals surface area contributed by atoms with Crippen LogP contribution in [-0.4, -0.2) is 6.54 Å². The van der Waals surface area contributed by atoms with Gasteiger partial charge in [0.1, 0.15) is 5.82 Å². The lowest BCUT2D eigenvalue weighted by atomic mass is 10.3. The molecule has 0 unspecified atom stereocenters. The lowest BCUT2D eigenvalue weighted by Gasteiger charge is -2.04. The van der Waals surface area contributed by atoms with Crippen LogP contribution in [0.2, 0.25) is 5.02 Å². The molecule has 1 aromatic rings. The van der Waals surface area contributed by atoms with E-state index in [1.165, 1.54) is 18.2 Å². The van der Waals surface area contributed by atoms with Gasteiger partial charge in [0, 0.05) is 0 Å². The van der Waals surface area contributed by atoms with Crippen molar-refractivity contribution >= 4 is 17.3 Å². The van der Waals surface area contributed by atoms with Gasteiger partial charge in [0.05, 0.1) is 17.3 Å². The van der Waals surface area contributed by atoms with Crippen LogP contribution in [0.3, 0.4) is 0 Å². The monoisotopic (exact) mass is 183 g/mol. The van der Waals surface area contributed by atoms with Crippen LogP contribution in [0.25, 0.3) is 0 Å². The fourth-order valence-electron chi connectivity index (χ4n) is 0.779. The summed E-state index contributed by atoms with van der Waals surface area (Å²) in [6, 6.07) is 4.08. The predicted molar refractivity (Wildman–Crippen MR) is 48.7 cm³/mol. The van der Waals surface area contributed by atoms with E-state index < -0.39 is 0 Å². The van der Waals surface area contributed by atoms with E-state index in [-0.39, 0.29) is 5.82 Å². The van der Waals surface area contributed by atoms with E-state index in [4.69, 9.17) is 18.0 Å². The average Bonchev–Trinajstić information content (AvgIpc) is 2.07. The number of halogens is 2. The molecule has 0 heterocycles. The molecular weight excluding hydrogens is 177 g/mol. The fourth-order valence-corrected chi connectivity index (χ4v) is 0.964. The maximum atomic E-state index is 12.6. The molecule has 1 nitrogen and oxygen atoms in total. The molecule has 0 radical (unpaired) electrons. The minimum Gasteiger partial charge on any atom is -0.373 e. The van der Waals surface area contributed by atoms with Gasteiger partial charge in [0.15, 0.2) is 0 Å². The molecule has 0 saturated carbocycles. The zero-order valence-corrected chi connectivity index (χ0v) is 7.03. The largest absolute Gasteiger partial charge is 0.373 e. The summed E-state index contributed by atoms with van der Waals surface area (Å²) in [4.78, 5) is 0. The minimum atomic E-state index is -0.334. The van der Waals surface area contributed by atoms with E-state index in [1.54, 1.807) is 0 Å². The Balaban J connectivity index is 2.84. The summed E-state index contributed by atoms with van der Waals surface area (Å²) in [6.45, 7) is 0.336. The molecule has 1 N–H and O–H groups in total. The van der Waals surface area contributed by atoms with Crippen molar-refractivity contribution in [2.24, 2.45) is 0 Å². The van der Waals surface area contributed by atoms with Gasteiger partial charge in [-0.05, 0) is 18.2 Å². The highest BCUT2D eigenvalue weighted by Crippen LogP contribution is 2.21. The Morgan fingerprint density at radius 3 is 3.00 bits per heavy atom. The Morgan fingerprint density at radius 1 is 1.58 bits per heavy atom. The van der Waals surface area contributed by atoms with Gasteiger partial charge in [-0.1, -0.05) is 17.5 Å². The van der Waals surface area contributed by atoms with Crippen LogP contribution >= 0.6 is 11.6 Å². The molecule has 1 aromatic carbocycles. The lowest BCUT2D eigenvalue weighted by Crippen LogP contribution is -1.99. The summed E-state index contributed by atoms with van der Waals surface area (Å²) >= 11 is 5.73. The Hall–Kier alpha value is -1.20. The maximum absolute atomic E-state index is 12.6. The molecule has 12 heavy (non-hydrogen) atoms. The molecule has 3 heteroatoms. The van der Waals surface area contributed by atoms with Gasteiger partial charge >= 0.3 is 0 Å². The second kappa shape index (κ2) is 3.99. The summed E-state index contributed by atoms with van der Waals surface area (Å²) in [5.74, 6) is 2.04. The van der Waals surface area contributed by atoms with E-state index >= 15 is 0 Å². The van der Waals surface area contributed by atoms with Gasteiger partial charge in [-0.25, -0.2) is 4.39 Å². The number of hydrogen-bond donors (Lipinski definition) is 1. The summed E-state index contributed by atoms with van der Waals surface area (Å²) in [6.07, 6.45) is 5.02. The van der Waals surface area contributed by atoms with E-state index in [2.05, 4.69) is 11.2 Å². The topological polar surface area (TPSA) is 12.0 Å². The number of terminal acetylenes is 1. The maximum Gasteiger partial charge on any atom is 0.125 e. The smallest absolute Gasteiger partial charge is 0.125 e. The molecule has 0 aliphatic carbocycles. The second-order valence-corrected chi connectivity index (χ2v) is 2.59. The molecule has 62 valence electrons. The van der Waals surface area contributed by atoms with Gasteiger partial charge < -0.3 is 5.32 Å². The first-order chi connectivity index (χ1) is 5.74. The quantitative estimate of drug-likeness (QED) is 0.695. The van der Waals surface area contributed by atoms with Gasteiger partial charge in [-0.15, -0.1) is 6.42 Å². The van der Waals surface area contributed by atoms with Crippen LogP contribution in [0.15, 0.2) is 18.2 Å². The fraction of sp³-hybridized carbons (Fsp3) is 0.111. The van der Waals surface area contributed by atoms with Crippen molar-refractivity contribution in [1.29, 1.82) is 0 Å². The number of anilines is 1. The normalized spacial score (nSPS) is 9.08. The predicted octanol–water partition coefficient (Wildman–Crippen LogP) is 2.52. The molecule has 0 atom stereocenters. The third-order valence-electron chi connectivity index (χ3n) is 1.31. The number of rotatable bonds is 2. The summed E-state index contributed by atoms with van der Waals surface area (Å²) in [5.41, 5.74) is 0.523. The number of benzene rings is 1. The highest BCUT2D eigenvalue weighted by Gasteiger charge is 1.99. The standard InChI is InChI=1S/C9H7ClFN/c1-2-5-12-9-6-7(11)3-4-8(9)10/h1,3-4,6,12H,5H2. The van der Waals surface area contributed by atoms with Crippen LogP contribution in [0.5, 0.6) is 0 Å². The van der Waals surface area contributed by atoms with Crippen molar-refractivity contribution in [1.82, 2.24) is 0 Å². The molecule has 0 spiro atoms.